The molecule has 1 aromatic heterocycles. The van der Waals surface area contributed by atoms with Crippen molar-refractivity contribution >= 4 is 11.3 Å². The molecule has 2 rings (SSSR count). The van der Waals surface area contributed by atoms with Crippen LogP contribution in [0.1, 0.15) is 23.1 Å². The lowest BCUT2D eigenvalue weighted by molar-refractivity contribution is 0.0324. The lowest BCUT2D eigenvalue weighted by atomic mass is 9.97. The van der Waals surface area contributed by atoms with Gasteiger partial charge in [0, 0.05) is 24.5 Å². The molecule has 2 atom stereocenters. The molecular weight excluding hydrogens is 244 g/mol. The largest absolute Gasteiger partial charge is 0.393 e. The normalized spacial score (nSPS) is 24.6. The highest BCUT2D eigenvalue weighted by Gasteiger charge is 2.24. The first-order valence-electron chi connectivity index (χ1n) is 6.37. The van der Waals surface area contributed by atoms with Gasteiger partial charge in [-0.05, 0) is 24.5 Å². The summed E-state index contributed by atoms with van der Waals surface area (Å²) in [5.41, 5.74) is 5.36. The van der Waals surface area contributed by atoms with Gasteiger partial charge in [-0.3, -0.25) is 4.90 Å². The van der Waals surface area contributed by atoms with Crippen molar-refractivity contribution in [2.24, 2.45) is 11.7 Å². The second-order valence-electron chi connectivity index (χ2n) is 4.84. The van der Waals surface area contributed by atoms with Gasteiger partial charge in [-0.2, -0.15) is 0 Å². The molecule has 0 bridgehead atoms. The molecule has 3 N–H and O–H groups in total. The fraction of sp³-hybridized carbons (Fsp3) is 0.571. The third-order valence-corrected chi connectivity index (χ3v) is 4.28. The van der Waals surface area contributed by atoms with Crippen molar-refractivity contribution in [3.63, 3.8) is 0 Å². The predicted octanol–water partition coefficient (Wildman–Crippen LogP) is 1.26. The lowest BCUT2D eigenvalue weighted by Crippen LogP contribution is -2.41. The number of hydrogen-bond acceptors (Lipinski definition) is 4. The molecule has 2 heterocycles. The zero-order chi connectivity index (χ0) is 13.0. The van der Waals surface area contributed by atoms with Crippen LogP contribution in [0.15, 0.2) is 12.1 Å². The van der Waals surface area contributed by atoms with Gasteiger partial charge in [-0.15, -0.1) is 11.3 Å². The Morgan fingerprint density at radius 2 is 2.39 bits per heavy atom. The quantitative estimate of drug-likeness (QED) is 0.791. The number of rotatable bonds is 2. The van der Waals surface area contributed by atoms with Gasteiger partial charge in [-0.1, -0.05) is 18.8 Å². The van der Waals surface area contributed by atoms with Crippen LogP contribution in [-0.2, 0) is 6.54 Å². The molecule has 2 unspecified atom stereocenters. The second kappa shape index (κ2) is 6.35. The topological polar surface area (TPSA) is 49.5 Å². The van der Waals surface area contributed by atoms with Crippen molar-refractivity contribution in [3.8, 4) is 11.8 Å². The van der Waals surface area contributed by atoms with Gasteiger partial charge >= 0.3 is 0 Å². The van der Waals surface area contributed by atoms with Crippen LogP contribution < -0.4 is 5.73 Å². The predicted molar refractivity (Wildman–Crippen MR) is 75.3 cm³/mol. The van der Waals surface area contributed by atoms with E-state index in [1.807, 2.05) is 0 Å². The summed E-state index contributed by atoms with van der Waals surface area (Å²) in [5, 5.41) is 9.71. The highest BCUT2D eigenvalue weighted by Crippen LogP contribution is 2.22. The molecule has 0 saturated carbocycles. The summed E-state index contributed by atoms with van der Waals surface area (Å²) in [7, 11) is 0. The molecule has 1 saturated heterocycles. The molecule has 0 radical (unpaired) electrons. The average molecular weight is 264 g/mol. The molecule has 98 valence electrons. The number of likely N-dealkylation sites (tertiary alicyclic amines) is 1. The van der Waals surface area contributed by atoms with Gasteiger partial charge in [0.05, 0.1) is 17.5 Å². The fourth-order valence-corrected chi connectivity index (χ4v) is 3.18. The Morgan fingerprint density at radius 1 is 1.56 bits per heavy atom. The van der Waals surface area contributed by atoms with Crippen LogP contribution in [0.3, 0.4) is 0 Å². The number of aliphatic hydroxyl groups excluding tert-OH is 1. The van der Waals surface area contributed by atoms with Crippen LogP contribution in [0.2, 0.25) is 0 Å². The number of thiophene rings is 1. The Labute approximate surface area is 113 Å². The molecular formula is C14H20N2OS. The van der Waals surface area contributed by atoms with Crippen molar-refractivity contribution in [1.82, 2.24) is 4.90 Å². The van der Waals surface area contributed by atoms with Gasteiger partial charge in [0.1, 0.15) is 0 Å². The minimum Gasteiger partial charge on any atom is -0.393 e. The van der Waals surface area contributed by atoms with E-state index >= 15 is 0 Å². The molecule has 1 fully saturated rings. The SMILES string of the molecule is CC1CN(Cc2ccc(C#CCN)s2)CCC1O. The smallest absolute Gasteiger partial charge is 0.0772 e. The van der Waals surface area contributed by atoms with E-state index in [1.165, 1.54) is 4.88 Å². The molecule has 18 heavy (non-hydrogen) atoms. The van der Waals surface area contributed by atoms with Gasteiger partial charge in [-0.25, -0.2) is 0 Å². The van der Waals surface area contributed by atoms with Crippen LogP contribution in [0.4, 0.5) is 0 Å². The Bertz CT molecular complexity index is 446. The molecule has 4 heteroatoms. The number of hydrogen-bond donors (Lipinski definition) is 2. The van der Waals surface area contributed by atoms with E-state index in [4.69, 9.17) is 5.73 Å². The molecule has 1 aliphatic rings. The molecule has 0 amide bonds. The van der Waals surface area contributed by atoms with Gasteiger partial charge in [0.15, 0.2) is 0 Å². The maximum Gasteiger partial charge on any atom is 0.0772 e. The van der Waals surface area contributed by atoms with Crippen LogP contribution in [0, 0.1) is 17.8 Å². The van der Waals surface area contributed by atoms with E-state index in [0.717, 1.165) is 30.9 Å². The molecule has 1 aromatic rings. The van der Waals surface area contributed by atoms with Crippen LogP contribution >= 0.6 is 11.3 Å². The van der Waals surface area contributed by atoms with E-state index in [0.29, 0.717) is 12.5 Å². The molecule has 0 aromatic carbocycles. The Hall–Kier alpha value is -0.860. The van der Waals surface area contributed by atoms with Gasteiger partial charge in [0.25, 0.3) is 0 Å². The third-order valence-electron chi connectivity index (χ3n) is 3.30. The van der Waals surface area contributed by atoms with E-state index in [1.54, 1.807) is 11.3 Å². The monoisotopic (exact) mass is 264 g/mol. The van der Waals surface area contributed by atoms with Crippen LogP contribution in [0.5, 0.6) is 0 Å². The van der Waals surface area contributed by atoms with Crippen molar-refractivity contribution < 1.29 is 5.11 Å². The van der Waals surface area contributed by atoms with Crippen molar-refractivity contribution in [2.75, 3.05) is 19.6 Å². The first-order chi connectivity index (χ1) is 8.69. The lowest BCUT2D eigenvalue weighted by Gasteiger charge is -2.34. The molecule has 0 aliphatic carbocycles. The number of piperidine rings is 1. The standard InChI is InChI=1S/C14H20N2OS/c1-11-9-16(8-6-14(11)17)10-13-5-4-12(18-13)3-2-7-15/h4-5,11,14,17H,6-10,15H2,1H3. The van der Waals surface area contributed by atoms with Crippen molar-refractivity contribution in [2.45, 2.75) is 26.0 Å². The summed E-state index contributed by atoms with van der Waals surface area (Å²) in [6.07, 6.45) is 0.752. The molecule has 1 aliphatic heterocycles. The highest BCUT2D eigenvalue weighted by molar-refractivity contribution is 7.12. The minimum atomic E-state index is -0.129. The first kappa shape index (κ1) is 13.6. The van der Waals surface area contributed by atoms with Crippen LogP contribution in [0.25, 0.3) is 0 Å². The van der Waals surface area contributed by atoms with Crippen LogP contribution in [-0.4, -0.2) is 35.7 Å². The Balaban J connectivity index is 1.91. The Kier molecular flexibility index (Phi) is 4.79. The summed E-state index contributed by atoms with van der Waals surface area (Å²) >= 11 is 1.74. The number of aliphatic hydroxyl groups is 1. The molecule has 0 spiro atoms. The minimum absolute atomic E-state index is 0.129. The van der Waals surface area contributed by atoms with E-state index in [2.05, 4.69) is 35.8 Å². The van der Waals surface area contributed by atoms with Gasteiger partial charge < -0.3 is 10.8 Å². The Morgan fingerprint density at radius 3 is 3.11 bits per heavy atom. The first-order valence-corrected chi connectivity index (χ1v) is 7.18. The summed E-state index contributed by atoms with van der Waals surface area (Å²) in [4.78, 5) is 4.82. The second-order valence-corrected chi connectivity index (χ2v) is 6.01. The fourth-order valence-electron chi connectivity index (χ4n) is 2.25. The third kappa shape index (κ3) is 3.56. The maximum atomic E-state index is 9.71. The average Bonchev–Trinajstić information content (AvgIpc) is 2.79. The van der Waals surface area contributed by atoms with E-state index in [9.17, 15) is 5.11 Å². The summed E-state index contributed by atoms with van der Waals surface area (Å²) < 4.78 is 0. The molecule has 3 nitrogen and oxygen atoms in total. The summed E-state index contributed by atoms with van der Waals surface area (Å²) in [6.45, 7) is 5.44. The van der Waals surface area contributed by atoms with E-state index < -0.39 is 0 Å². The van der Waals surface area contributed by atoms with Gasteiger partial charge in [0.2, 0.25) is 0 Å². The van der Waals surface area contributed by atoms with E-state index in [-0.39, 0.29) is 6.10 Å². The summed E-state index contributed by atoms with van der Waals surface area (Å²) in [5.74, 6) is 6.31. The van der Waals surface area contributed by atoms with Crippen molar-refractivity contribution in [3.05, 3.63) is 21.9 Å². The zero-order valence-corrected chi connectivity index (χ0v) is 11.5. The number of nitrogens with zero attached hydrogens (tertiary/aromatic N) is 1. The zero-order valence-electron chi connectivity index (χ0n) is 10.7. The van der Waals surface area contributed by atoms with Crippen molar-refractivity contribution in [1.29, 1.82) is 0 Å². The summed E-state index contributed by atoms with van der Waals surface area (Å²) in [6, 6.07) is 4.20. The number of nitrogens with two attached hydrogens (primary N) is 1. The maximum absolute atomic E-state index is 9.71. The highest BCUT2D eigenvalue weighted by atomic mass is 32.1.